The predicted molar refractivity (Wildman–Crippen MR) is 72.4 cm³/mol. The van der Waals surface area contributed by atoms with Crippen molar-refractivity contribution in [1.29, 1.82) is 0 Å². The van der Waals surface area contributed by atoms with Gasteiger partial charge in [0.2, 0.25) is 0 Å². The highest BCUT2D eigenvalue weighted by molar-refractivity contribution is 8.79. The Morgan fingerprint density at radius 1 is 1.39 bits per heavy atom. The topological polar surface area (TPSA) is 52.6 Å². The molecule has 6 heteroatoms. The molecule has 0 radical (unpaired) electrons. The number of ether oxygens (including phenoxy) is 2. The van der Waals surface area contributed by atoms with Crippen LogP contribution in [0.4, 0.5) is 0 Å². The second kappa shape index (κ2) is 7.90. The minimum absolute atomic E-state index is 0.0527. The van der Waals surface area contributed by atoms with Gasteiger partial charge in [0.25, 0.3) is 0 Å². The molecular formula is C12H12O4S2. The van der Waals surface area contributed by atoms with Gasteiger partial charge in [0, 0.05) is 13.8 Å². The molecule has 0 aromatic rings. The Bertz CT molecular complexity index is 443. The summed E-state index contributed by atoms with van der Waals surface area (Å²) in [5.41, 5.74) is 0. The number of hydrogen-bond acceptors (Lipinski definition) is 6. The summed E-state index contributed by atoms with van der Waals surface area (Å²) >= 11 is 0. The molecular weight excluding hydrogens is 272 g/mol. The SMILES string of the molecule is CC(=O)OCC(C#CC1=CC=CSS1)OC(C)=O. The standard InChI is InChI=1S/C12H12O4S2/c1-9(13)15-8-11(16-10(2)14)5-6-12-4-3-7-17-18-12/h3-4,7,11H,8H2,1-2H3. The van der Waals surface area contributed by atoms with Gasteiger partial charge in [-0.1, -0.05) is 22.8 Å². The highest BCUT2D eigenvalue weighted by Crippen LogP contribution is 2.33. The molecule has 0 amide bonds. The molecule has 4 nitrogen and oxygen atoms in total. The third-order valence-corrected chi connectivity index (χ3v) is 3.57. The van der Waals surface area contributed by atoms with Gasteiger partial charge in [-0.15, -0.1) is 0 Å². The molecule has 18 heavy (non-hydrogen) atoms. The molecule has 0 aromatic heterocycles. The molecule has 1 unspecified atom stereocenters. The van der Waals surface area contributed by atoms with Crippen molar-refractivity contribution in [3.63, 3.8) is 0 Å². The smallest absolute Gasteiger partial charge is 0.303 e. The number of allylic oxidation sites excluding steroid dienone is 3. The minimum atomic E-state index is -0.733. The van der Waals surface area contributed by atoms with Crippen LogP contribution in [0.15, 0.2) is 22.5 Å². The Balaban J connectivity index is 2.62. The van der Waals surface area contributed by atoms with Crippen LogP contribution in [0.5, 0.6) is 0 Å². The Morgan fingerprint density at radius 2 is 2.17 bits per heavy atom. The molecule has 0 aromatic carbocycles. The molecule has 0 saturated heterocycles. The van der Waals surface area contributed by atoms with Gasteiger partial charge in [0.15, 0.2) is 6.10 Å². The van der Waals surface area contributed by atoms with Crippen LogP contribution in [0, 0.1) is 11.8 Å². The van der Waals surface area contributed by atoms with Gasteiger partial charge in [-0.3, -0.25) is 9.59 Å². The van der Waals surface area contributed by atoms with Crippen molar-refractivity contribution in [2.45, 2.75) is 20.0 Å². The molecule has 96 valence electrons. The van der Waals surface area contributed by atoms with Crippen LogP contribution < -0.4 is 0 Å². The molecule has 0 N–H and O–H groups in total. The fourth-order valence-corrected chi connectivity index (χ4v) is 2.48. The van der Waals surface area contributed by atoms with E-state index in [1.807, 2.05) is 17.6 Å². The average molecular weight is 284 g/mol. The van der Waals surface area contributed by atoms with E-state index in [1.54, 1.807) is 10.8 Å². The lowest BCUT2D eigenvalue weighted by atomic mass is 10.3. The van der Waals surface area contributed by atoms with Gasteiger partial charge < -0.3 is 9.47 Å². The highest BCUT2D eigenvalue weighted by Gasteiger charge is 2.10. The first-order valence-electron chi connectivity index (χ1n) is 5.10. The number of carbonyl (C=O) groups excluding carboxylic acids is 2. The summed E-state index contributed by atoms with van der Waals surface area (Å²) in [4.78, 5) is 22.4. The lowest BCUT2D eigenvalue weighted by Gasteiger charge is -2.10. The molecule has 1 aliphatic heterocycles. The van der Waals surface area contributed by atoms with Crippen LogP contribution in [0.1, 0.15) is 13.8 Å². The second-order valence-electron chi connectivity index (χ2n) is 3.21. The van der Waals surface area contributed by atoms with Crippen LogP contribution in [0.3, 0.4) is 0 Å². The zero-order valence-corrected chi connectivity index (χ0v) is 11.6. The van der Waals surface area contributed by atoms with E-state index < -0.39 is 18.0 Å². The lowest BCUT2D eigenvalue weighted by Crippen LogP contribution is -2.22. The Kier molecular flexibility index (Phi) is 6.47. The molecule has 1 heterocycles. The van der Waals surface area contributed by atoms with E-state index in [0.29, 0.717) is 0 Å². The molecule has 0 spiro atoms. The summed E-state index contributed by atoms with van der Waals surface area (Å²) in [7, 11) is 3.08. The largest absolute Gasteiger partial charge is 0.461 e. The third kappa shape index (κ3) is 6.42. The fourth-order valence-electron chi connectivity index (χ4n) is 0.979. The van der Waals surface area contributed by atoms with Crippen molar-refractivity contribution >= 4 is 33.5 Å². The Labute approximate surface area is 114 Å². The average Bonchev–Trinajstić information content (AvgIpc) is 2.33. The van der Waals surface area contributed by atoms with Crippen molar-refractivity contribution in [1.82, 2.24) is 0 Å². The minimum Gasteiger partial charge on any atom is -0.461 e. The zero-order chi connectivity index (χ0) is 13.4. The Morgan fingerprint density at radius 3 is 2.72 bits per heavy atom. The zero-order valence-electron chi connectivity index (χ0n) is 9.97. The van der Waals surface area contributed by atoms with Gasteiger partial charge in [-0.05, 0) is 28.2 Å². The molecule has 0 fully saturated rings. The van der Waals surface area contributed by atoms with Gasteiger partial charge >= 0.3 is 11.9 Å². The number of rotatable bonds is 3. The van der Waals surface area contributed by atoms with Crippen molar-refractivity contribution in [2.24, 2.45) is 0 Å². The first-order valence-corrected chi connectivity index (χ1v) is 7.31. The summed E-state index contributed by atoms with van der Waals surface area (Å²) in [6.07, 6.45) is 3.02. The van der Waals surface area contributed by atoms with Gasteiger partial charge in [-0.25, -0.2) is 0 Å². The van der Waals surface area contributed by atoms with E-state index in [0.717, 1.165) is 4.91 Å². The second-order valence-corrected chi connectivity index (χ2v) is 5.36. The maximum absolute atomic E-state index is 10.9. The van der Waals surface area contributed by atoms with E-state index in [1.165, 1.54) is 24.6 Å². The summed E-state index contributed by atoms with van der Waals surface area (Å²) in [5, 5.41) is 1.94. The first kappa shape index (κ1) is 14.7. The van der Waals surface area contributed by atoms with Gasteiger partial charge in [0.1, 0.15) is 6.61 Å². The highest BCUT2D eigenvalue weighted by atomic mass is 33.1. The molecule has 0 aliphatic carbocycles. The van der Waals surface area contributed by atoms with Crippen LogP contribution in [-0.2, 0) is 19.1 Å². The summed E-state index contributed by atoms with van der Waals surface area (Å²) in [6, 6.07) is 0. The van der Waals surface area contributed by atoms with Gasteiger partial charge in [-0.2, -0.15) is 0 Å². The van der Waals surface area contributed by atoms with E-state index in [9.17, 15) is 9.59 Å². The monoisotopic (exact) mass is 284 g/mol. The van der Waals surface area contributed by atoms with Crippen LogP contribution in [0.2, 0.25) is 0 Å². The van der Waals surface area contributed by atoms with E-state index in [4.69, 9.17) is 9.47 Å². The number of carbonyl (C=O) groups is 2. The van der Waals surface area contributed by atoms with Crippen molar-refractivity contribution in [3.8, 4) is 11.8 Å². The van der Waals surface area contributed by atoms with Crippen LogP contribution in [-0.4, -0.2) is 24.6 Å². The van der Waals surface area contributed by atoms with E-state index in [2.05, 4.69) is 11.8 Å². The fraction of sp³-hybridized carbons (Fsp3) is 0.333. The molecule has 0 bridgehead atoms. The quantitative estimate of drug-likeness (QED) is 0.450. The molecule has 1 aliphatic rings. The van der Waals surface area contributed by atoms with Crippen LogP contribution >= 0.6 is 21.6 Å². The number of hydrogen-bond donors (Lipinski definition) is 0. The van der Waals surface area contributed by atoms with E-state index in [-0.39, 0.29) is 6.61 Å². The lowest BCUT2D eigenvalue weighted by molar-refractivity contribution is -0.152. The normalized spacial score (nSPS) is 14.9. The third-order valence-electron chi connectivity index (χ3n) is 1.62. The molecule has 1 atom stereocenters. The van der Waals surface area contributed by atoms with Crippen molar-refractivity contribution in [3.05, 3.63) is 22.5 Å². The van der Waals surface area contributed by atoms with Gasteiger partial charge in [0.05, 0.1) is 4.91 Å². The summed E-state index contributed by atoms with van der Waals surface area (Å²) < 4.78 is 9.72. The van der Waals surface area contributed by atoms with Crippen LogP contribution in [0.25, 0.3) is 0 Å². The maximum atomic E-state index is 10.9. The summed E-state index contributed by atoms with van der Waals surface area (Å²) in [5.74, 6) is 4.76. The van der Waals surface area contributed by atoms with E-state index >= 15 is 0 Å². The first-order chi connectivity index (χ1) is 8.58. The maximum Gasteiger partial charge on any atom is 0.303 e. The number of esters is 2. The predicted octanol–water partition coefficient (Wildman–Crippen LogP) is 2.28. The molecule has 0 saturated carbocycles. The Hall–Kier alpha value is -1.32. The summed E-state index contributed by atoms with van der Waals surface area (Å²) in [6.45, 7) is 2.53. The van der Waals surface area contributed by atoms with Crippen molar-refractivity contribution < 1.29 is 19.1 Å². The van der Waals surface area contributed by atoms with Crippen molar-refractivity contribution in [2.75, 3.05) is 6.61 Å². The molecule has 1 rings (SSSR count).